The second kappa shape index (κ2) is 8.70. The average molecular weight is 376 g/mol. The zero-order valence-electron chi connectivity index (χ0n) is 14.4. The molecule has 2 rings (SSSR count). The van der Waals surface area contributed by atoms with Crippen molar-refractivity contribution in [3.8, 4) is 0 Å². The van der Waals surface area contributed by atoms with Crippen LogP contribution in [0.1, 0.15) is 22.8 Å². The number of anilines is 1. The molecule has 0 spiro atoms. The average Bonchev–Trinajstić information content (AvgIpc) is 2.64. The molecule has 142 valence electrons. The first-order chi connectivity index (χ1) is 12.8. The van der Waals surface area contributed by atoms with Crippen LogP contribution in [-0.2, 0) is 16.1 Å². The first-order valence-electron chi connectivity index (χ1n) is 7.91. The van der Waals surface area contributed by atoms with E-state index < -0.39 is 34.9 Å². The van der Waals surface area contributed by atoms with E-state index in [9.17, 15) is 24.1 Å². The quantitative estimate of drug-likeness (QED) is 0.444. The van der Waals surface area contributed by atoms with Gasteiger partial charge in [-0.05, 0) is 24.6 Å². The van der Waals surface area contributed by atoms with Crippen LogP contribution in [0, 0.1) is 15.9 Å². The molecule has 0 radical (unpaired) electrons. The summed E-state index contributed by atoms with van der Waals surface area (Å²) in [7, 11) is 0. The van der Waals surface area contributed by atoms with Crippen molar-refractivity contribution in [2.24, 2.45) is 0 Å². The van der Waals surface area contributed by atoms with Crippen LogP contribution in [0.25, 0.3) is 0 Å². The highest BCUT2D eigenvalue weighted by Gasteiger charge is 2.20. The molecule has 1 amide bonds. The molecule has 0 saturated heterocycles. The Morgan fingerprint density at radius 1 is 1.37 bits per heavy atom. The van der Waals surface area contributed by atoms with E-state index in [0.717, 1.165) is 12.3 Å². The number of carbonyl (C=O) groups is 2. The number of nitrogens with two attached hydrogens (primary N) is 1. The molecule has 27 heavy (non-hydrogen) atoms. The van der Waals surface area contributed by atoms with Gasteiger partial charge in [0.25, 0.3) is 11.6 Å². The highest BCUT2D eigenvalue weighted by Crippen LogP contribution is 2.17. The van der Waals surface area contributed by atoms with Crippen molar-refractivity contribution >= 4 is 23.4 Å². The van der Waals surface area contributed by atoms with E-state index in [1.807, 2.05) is 0 Å². The van der Waals surface area contributed by atoms with Gasteiger partial charge in [-0.25, -0.2) is 14.2 Å². The number of halogens is 1. The fraction of sp³-hybridized carbons (Fsp3) is 0.235. The Morgan fingerprint density at radius 2 is 2.11 bits per heavy atom. The van der Waals surface area contributed by atoms with Gasteiger partial charge < -0.3 is 15.4 Å². The van der Waals surface area contributed by atoms with Gasteiger partial charge in [-0.1, -0.05) is 12.1 Å². The van der Waals surface area contributed by atoms with E-state index in [0.29, 0.717) is 12.1 Å². The molecule has 1 aromatic carbocycles. The summed E-state index contributed by atoms with van der Waals surface area (Å²) in [5.41, 5.74) is 5.39. The molecule has 1 heterocycles. The first kappa shape index (κ1) is 19.8. The number of likely N-dealkylation sites (N-methyl/N-ethyl adjacent to an activating group) is 1. The van der Waals surface area contributed by atoms with Crippen LogP contribution in [0.2, 0.25) is 0 Å². The maximum Gasteiger partial charge on any atom is 0.342 e. The number of aromatic nitrogens is 1. The third-order valence-corrected chi connectivity index (χ3v) is 3.66. The Bertz CT molecular complexity index is 874. The zero-order chi connectivity index (χ0) is 20.0. The highest BCUT2D eigenvalue weighted by atomic mass is 19.1. The molecular formula is C17H17FN4O5. The van der Waals surface area contributed by atoms with Crippen LogP contribution < -0.4 is 5.73 Å². The van der Waals surface area contributed by atoms with Gasteiger partial charge in [0, 0.05) is 19.2 Å². The number of nitrogens with zero attached hydrogens (tertiary/aromatic N) is 3. The molecule has 0 unspecified atom stereocenters. The number of carbonyl (C=O) groups excluding carboxylic acids is 2. The van der Waals surface area contributed by atoms with Crippen LogP contribution in [-0.4, -0.2) is 39.8 Å². The van der Waals surface area contributed by atoms with Gasteiger partial charge in [0.15, 0.2) is 6.61 Å². The number of amides is 1. The maximum absolute atomic E-state index is 13.3. The van der Waals surface area contributed by atoms with E-state index in [-0.39, 0.29) is 17.9 Å². The largest absolute Gasteiger partial charge is 0.452 e. The number of hydrogen-bond acceptors (Lipinski definition) is 7. The Kier molecular flexibility index (Phi) is 6.36. The molecule has 0 aliphatic carbocycles. The predicted molar refractivity (Wildman–Crippen MR) is 93.1 cm³/mol. The van der Waals surface area contributed by atoms with Gasteiger partial charge in [0.05, 0.1) is 4.92 Å². The molecule has 0 aliphatic heterocycles. The smallest absolute Gasteiger partial charge is 0.342 e. The van der Waals surface area contributed by atoms with Crippen LogP contribution in [0.4, 0.5) is 15.9 Å². The van der Waals surface area contributed by atoms with Gasteiger partial charge >= 0.3 is 5.97 Å². The lowest BCUT2D eigenvalue weighted by molar-refractivity contribution is -0.385. The summed E-state index contributed by atoms with van der Waals surface area (Å²) in [6.07, 6.45) is 0.912. The van der Waals surface area contributed by atoms with Crippen LogP contribution >= 0.6 is 0 Å². The topological polar surface area (TPSA) is 129 Å². The lowest BCUT2D eigenvalue weighted by Gasteiger charge is -2.21. The summed E-state index contributed by atoms with van der Waals surface area (Å²) in [5.74, 6) is -2.17. The third-order valence-electron chi connectivity index (χ3n) is 3.66. The summed E-state index contributed by atoms with van der Waals surface area (Å²) >= 11 is 0. The van der Waals surface area contributed by atoms with Crippen molar-refractivity contribution in [1.29, 1.82) is 0 Å². The third kappa shape index (κ3) is 5.21. The molecule has 0 atom stereocenters. The van der Waals surface area contributed by atoms with Crippen molar-refractivity contribution in [2.75, 3.05) is 18.9 Å². The normalized spacial score (nSPS) is 10.3. The SMILES string of the molecule is CCN(Cc1cccc(F)c1)C(=O)COC(=O)c1cc([N+](=O)[O-])cnc1N. The number of pyridine rings is 1. The number of hydrogen-bond donors (Lipinski definition) is 1. The summed E-state index contributed by atoms with van der Waals surface area (Å²) in [6, 6.07) is 6.72. The number of esters is 1. The number of benzene rings is 1. The predicted octanol–water partition coefficient (Wildman–Crippen LogP) is 1.92. The summed E-state index contributed by atoms with van der Waals surface area (Å²) in [4.78, 5) is 39.3. The molecule has 2 N–H and O–H groups in total. The van der Waals surface area contributed by atoms with Crippen molar-refractivity contribution in [2.45, 2.75) is 13.5 Å². The fourth-order valence-corrected chi connectivity index (χ4v) is 2.26. The van der Waals surface area contributed by atoms with Gasteiger partial charge in [-0.3, -0.25) is 14.9 Å². The Labute approximate surface area is 153 Å². The Balaban J connectivity index is 2.02. The molecule has 0 fully saturated rings. The Morgan fingerprint density at radius 3 is 2.74 bits per heavy atom. The lowest BCUT2D eigenvalue weighted by atomic mass is 10.2. The monoisotopic (exact) mass is 376 g/mol. The number of ether oxygens (including phenoxy) is 1. The second-order valence-corrected chi connectivity index (χ2v) is 5.50. The van der Waals surface area contributed by atoms with E-state index in [4.69, 9.17) is 10.5 Å². The number of nitrogen functional groups attached to an aromatic ring is 1. The second-order valence-electron chi connectivity index (χ2n) is 5.50. The van der Waals surface area contributed by atoms with Gasteiger partial charge in [-0.15, -0.1) is 0 Å². The number of rotatable bonds is 7. The van der Waals surface area contributed by atoms with Crippen LogP contribution in [0.15, 0.2) is 36.5 Å². The minimum Gasteiger partial charge on any atom is -0.452 e. The summed E-state index contributed by atoms with van der Waals surface area (Å²) in [6.45, 7) is 1.59. The molecular weight excluding hydrogens is 359 g/mol. The minimum absolute atomic E-state index is 0.144. The molecule has 0 bridgehead atoms. The van der Waals surface area contributed by atoms with Crippen LogP contribution in [0.5, 0.6) is 0 Å². The van der Waals surface area contributed by atoms with E-state index in [1.165, 1.54) is 23.1 Å². The van der Waals surface area contributed by atoms with Crippen molar-refractivity contribution in [1.82, 2.24) is 9.88 Å². The van der Waals surface area contributed by atoms with Crippen molar-refractivity contribution in [3.63, 3.8) is 0 Å². The van der Waals surface area contributed by atoms with Gasteiger partial charge in [0.2, 0.25) is 0 Å². The van der Waals surface area contributed by atoms with Crippen molar-refractivity contribution in [3.05, 3.63) is 63.6 Å². The Hall–Kier alpha value is -3.56. The van der Waals surface area contributed by atoms with Crippen LogP contribution in [0.3, 0.4) is 0 Å². The fourth-order valence-electron chi connectivity index (χ4n) is 2.26. The molecule has 10 heteroatoms. The molecule has 1 aromatic heterocycles. The summed E-state index contributed by atoms with van der Waals surface area (Å²) in [5, 5.41) is 10.8. The lowest BCUT2D eigenvalue weighted by Crippen LogP contribution is -2.34. The molecule has 0 saturated carbocycles. The first-order valence-corrected chi connectivity index (χ1v) is 7.91. The molecule has 0 aliphatic rings. The summed E-state index contributed by atoms with van der Waals surface area (Å²) < 4.78 is 18.2. The minimum atomic E-state index is -1.00. The zero-order valence-corrected chi connectivity index (χ0v) is 14.4. The molecule has 9 nitrogen and oxygen atoms in total. The van der Waals surface area contributed by atoms with Gasteiger partial charge in [0.1, 0.15) is 23.4 Å². The molecule has 2 aromatic rings. The maximum atomic E-state index is 13.3. The van der Waals surface area contributed by atoms with Gasteiger partial charge in [-0.2, -0.15) is 0 Å². The van der Waals surface area contributed by atoms with E-state index in [2.05, 4.69) is 4.98 Å². The van der Waals surface area contributed by atoms with E-state index >= 15 is 0 Å². The number of nitro groups is 1. The van der Waals surface area contributed by atoms with Crippen molar-refractivity contribution < 1.29 is 23.6 Å². The highest BCUT2D eigenvalue weighted by molar-refractivity contribution is 5.96. The standard InChI is InChI=1S/C17H17FN4O5/c1-2-21(9-11-4-3-5-12(18)6-11)15(23)10-27-17(24)14-7-13(22(25)26)8-20-16(14)19/h3-8H,2,9-10H2,1H3,(H2,19,20). The van der Waals surface area contributed by atoms with E-state index in [1.54, 1.807) is 13.0 Å².